The van der Waals surface area contributed by atoms with Crippen molar-refractivity contribution in [3.63, 3.8) is 0 Å². The van der Waals surface area contributed by atoms with Crippen LogP contribution < -0.4 is 19.5 Å². The number of likely N-dealkylation sites (N-methyl/N-ethyl adjacent to an activating group) is 1. The summed E-state index contributed by atoms with van der Waals surface area (Å²) < 4.78 is 22.4. The SMILES string of the molecule is CNC(C)Cc1noc(-c2cc(OC)c(OCc3ccccc3)c(OC)c2)n1. The standard InChI is InChI=1S/C21H25N3O4/c1-14(22-2)10-19-23-21(28-24-19)16-11-17(25-3)20(18(12-16)26-4)27-13-15-8-6-5-7-9-15/h5-9,11-12,14,22H,10,13H2,1-4H3. The van der Waals surface area contributed by atoms with E-state index in [0.717, 1.165) is 5.56 Å². The van der Waals surface area contributed by atoms with Crippen LogP contribution in [0.1, 0.15) is 18.3 Å². The van der Waals surface area contributed by atoms with Crippen molar-refractivity contribution in [3.8, 4) is 28.7 Å². The molecule has 28 heavy (non-hydrogen) atoms. The molecule has 0 bridgehead atoms. The highest BCUT2D eigenvalue weighted by atomic mass is 16.5. The van der Waals surface area contributed by atoms with E-state index in [1.807, 2.05) is 49.5 Å². The van der Waals surface area contributed by atoms with Crippen LogP contribution in [0.15, 0.2) is 47.0 Å². The zero-order valence-corrected chi connectivity index (χ0v) is 16.6. The van der Waals surface area contributed by atoms with Gasteiger partial charge in [0.2, 0.25) is 5.75 Å². The Morgan fingerprint density at radius 2 is 1.75 bits per heavy atom. The van der Waals surface area contributed by atoms with Gasteiger partial charge in [-0.1, -0.05) is 35.5 Å². The van der Waals surface area contributed by atoms with Crippen molar-refractivity contribution in [3.05, 3.63) is 53.9 Å². The molecule has 148 valence electrons. The molecule has 0 radical (unpaired) electrons. The van der Waals surface area contributed by atoms with Gasteiger partial charge in [0, 0.05) is 18.0 Å². The number of nitrogens with one attached hydrogen (secondary N) is 1. The monoisotopic (exact) mass is 383 g/mol. The van der Waals surface area contributed by atoms with Gasteiger partial charge in [0.05, 0.1) is 14.2 Å². The number of methoxy groups -OCH3 is 2. The van der Waals surface area contributed by atoms with Gasteiger partial charge < -0.3 is 24.1 Å². The van der Waals surface area contributed by atoms with E-state index in [-0.39, 0.29) is 6.04 Å². The minimum atomic E-state index is 0.253. The summed E-state index contributed by atoms with van der Waals surface area (Å²) in [6.45, 7) is 2.46. The van der Waals surface area contributed by atoms with Crippen molar-refractivity contribution in [2.45, 2.75) is 26.0 Å². The molecule has 0 aliphatic carbocycles. The molecular weight excluding hydrogens is 358 g/mol. The molecule has 1 unspecified atom stereocenters. The van der Waals surface area contributed by atoms with Crippen molar-refractivity contribution >= 4 is 0 Å². The zero-order chi connectivity index (χ0) is 19.9. The van der Waals surface area contributed by atoms with Crippen LogP contribution in [0, 0.1) is 0 Å². The molecule has 1 heterocycles. The first kappa shape index (κ1) is 19.7. The van der Waals surface area contributed by atoms with E-state index in [0.29, 0.717) is 47.6 Å². The predicted molar refractivity (Wildman–Crippen MR) is 106 cm³/mol. The van der Waals surface area contributed by atoms with E-state index in [4.69, 9.17) is 18.7 Å². The number of rotatable bonds is 9. The van der Waals surface area contributed by atoms with E-state index in [1.54, 1.807) is 14.2 Å². The first-order chi connectivity index (χ1) is 13.6. The van der Waals surface area contributed by atoms with Crippen molar-refractivity contribution in [2.24, 2.45) is 0 Å². The van der Waals surface area contributed by atoms with Gasteiger partial charge in [-0.3, -0.25) is 0 Å². The van der Waals surface area contributed by atoms with E-state index >= 15 is 0 Å². The largest absolute Gasteiger partial charge is 0.493 e. The van der Waals surface area contributed by atoms with Crippen molar-refractivity contribution in [1.29, 1.82) is 0 Å². The molecule has 7 nitrogen and oxygen atoms in total. The summed E-state index contributed by atoms with van der Waals surface area (Å²) in [6, 6.07) is 13.8. The van der Waals surface area contributed by atoms with Crippen LogP contribution in [0.2, 0.25) is 0 Å². The second-order valence-electron chi connectivity index (χ2n) is 6.39. The summed E-state index contributed by atoms with van der Waals surface area (Å²) in [5.74, 6) is 2.65. The lowest BCUT2D eigenvalue weighted by Crippen LogP contribution is -2.24. The fourth-order valence-electron chi connectivity index (χ4n) is 2.71. The number of nitrogens with zero attached hydrogens (tertiary/aromatic N) is 2. The van der Waals surface area contributed by atoms with E-state index in [1.165, 1.54) is 0 Å². The quantitative estimate of drug-likeness (QED) is 0.606. The first-order valence-corrected chi connectivity index (χ1v) is 9.07. The Labute approximate surface area is 164 Å². The van der Waals surface area contributed by atoms with Crippen LogP contribution in [0.4, 0.5) is 0 Å². The highest BCUT2D eigenvalue weighted by Crippen LogP contribution is 2.41. The van der Waals surface area contributed by atoms with Crippen LogP contribution in [0.5, 0.6) is 17.2 Å². The van der Waals surface area contributed by atoms with Gasteiger partial charge >= 0.3 is 0 Å². The van der Waals surface area contributed by atoms with Gasteiger partial charge in [0.15, 0.2) is 17.3 Å². The molecule has 0 amide bonds. The lowest BCUT2D eigenvalue weighted by Gasteiger charge is -2.15. The fourth-order valence-corrected chi connectivity index (χ4v) is 2.71. The molecule has 7 heteroatoms. The van der Waals surface area contributed by atoms with Crippen molar-refractivity contribution < 1.29 is 18.7 Å². The normalized spacial score (nSPS) is 11.9. The molecule has 3 rings (SSSR count). The fraction of sp³-hybridized carbons (Fsp3) is 0.333. The topological polar surface area (TPSA) is 78.6 Å². The van der Waals surface area contributed by atoms with Gasteiger partial charge in [-0.2, -0.15) is 4.98 Å². The van der Waals surface area contributed by atoms with Crippen LogP contribution in [0.25, 0.3) is 11.5 Å². The smallest absolute Gasteiger partial charge is 0.258 e. The number of benzene rings is 2. The molecule has 0 saturated carbocycles. The molecule has 2 aromatic carbocycles. The number of hydrogen-bond donors (Lipinski definition) is 1. The third-order valence-corrected chi connectivity index (χ3v) is 4.38. The van der Waals surface area contributed by atoms with Crippen molar-refractivity contribution in [2.75, 3.05) is 21.3 Å². The third kappa shape index (κ3) is 4.61. The zero-order valence-electron chi connectivity index (χ0n) is 16.6. The van der Waals surface area contributed by atoms with Crippen LogP contribution in [0.3, 0.4) is 0 Å². The Balaban J connectivity index is 1.86. The molecule has 0 fully saturated rings. The third-order valence-electron chi connectivity index (χ3n) is 4.38. The average molecular weight is 383 g/mol. The van der Waals surface area contributed by atoms with Crippen LogP contribution in [-0.4, -0.2) is 37.4 Å². The molecule has 0 spiro atoms. The number of ether oxygens (including phenoxy) is 3. The first-order valence-electron chi connectivity index (χ1n) is 9.07. The predicted octanol–water partition coefficient (Wildman–Crippen LogP) is 3.48. The van der Waals surface area contributed by atoms with Gasteiger partial charge in [-0.05, 0) is 31.7 Å². The second-order valence-corrected chi connectivity index (χ2v) is 6.39. The Kier molecular flexibility index (Phi) is 6.49. The molecular formula is C21H25N3O4. The number of hydrogen-bond acceptors (Lipinski definition) is 7. The van der Waals surface area contributed by atoms with E-state index in [2.05, 4.69) is 22.4 Å². The summed E-state index contributed by atoms with van der Waals surface area (Å²) in [6.07, 6.45) is 0.673. The minimum Gasteiger partial charge on any atom is -0.493 e. The molecule has 0 aliphatic rings. The second kappa shape index (κ2) is 9.23. The Hall–Kier alpha value is -3.06. The van der Waals surface area contributed by atoms with Crippen LogP contribution >= 0.6 is 0 Å². The summed E-state index contributed by atoms with van der Waals surface area (Å²) in [7, 11) is 5.07. The van der Waals surface area contributed by atoms with Gasteiger partial charge in [-0.15, -0.1) is 0 Å². The molecule has 1 aromatic heterocycles. The number of aromatic nitrogens is 2. The minimum absolute atomic E-state index is 0.253. The van der Waals surface area contributed by atoms with E-state index < -0.39 is 0 Å². The Morgan fingerprint density at radius 1 is 1.07 bits per heavy atom. The maximum Gasteiger partial charge on any atom is 0.258 e. The lowest BCUT2D eigenvalue weighted by atomic mass is 10.1. The summed E-state index contributed by atoms with van der Waals surface area (Å²) in [4.78, 5) is 4.47. The Morgan fingerprint density at radius 3 is 2.36 bits per heavy atom. The highest BCUT2D eigenvalue weighted by Gasteiger charge is 2.19. The maximum absolute atomic E-state index is 5.97. The maximum atomic E-state index is 5.97. The molecule has 0 aliphatic heterocycles. The van der Waals surface area contributed by atoms with Gasteiger partial charge in [-0.25, -0.2) is 0 Å². The molecule has 1 atom stereocenters. The summed E-state index contributed by atoms with van der Waals surface area (Å²) >= 11 is 0. The van der Waals surface area contributed by atoms with Gasteiger partial charge in [0.25, 0.3) is 5.89 Å². The van der Waals surface area contributed by atoms with Crippen molar-refractivity contribution in [1.82, 2.24) is 15.5 Å². The van der Waals surface area contributed by atoms with Gasteiger partial charge in [0.1, 0.15) is 6.61 Å². The highest BCUT2D eigenvalue weighted by molar-refractivity contribution is 5.65. The molecule has 0 saturated heterocycles. The summed E-state index contributed by atoms with van der Waals surface area (Å²) in [5, 5.41) is 7.21. The Bertz CT molecular complexity index is 871. The van der Waals surface area contributed by atoms with Crippen LogP contribution in [-0.2, 0) is 13.0 Å². The summed E-state index contributed by atoms with van der Waals surface area (Å²) in [5.41, 5.74) is 1.76. The van der Waals surface area contributed by atoms with E-state index in [9.17, 15) is 0 Å². The molecule has 1 N–H and O–H groups in total. The molecule has 3 aromatic rings. The average Bonchev–Trinajstić information content (AvgIpc) is 3.20. The lowest BCUT2D eigenvalue weighted by molar-refractivity contribution is 0.266.